The van der Waals surface area contributed by atoms with Crippen LogP contribution in [0.3, 0.4) is 0 Å². The van der Waals surface area contributed by atoms with Crippen LogP contribution in [0.5, 0.6) is 0 Å². The third kappa shape index (κ3) is 5.79. The molecule has 2 aromatic carbocycles. The first-order chi connectivity index (χ1) is 12.7. The maximum atomic E-state index is 12.2. The molecule has 0 bridgehead atoms. The van der Waals surface area contributed by atoms with E-state index in [-0.39, 0.29) is 18.0 Å². The highest BCUT2D eigenvalue weighted by molar-refractivity contribution is 7.99. The van der Waals surface area contributed by atoms with E-state index in [0.717, 1.165) is 18.1 Å². The Morgan fingerprint density at radius 2 is 1.65 bits per heavy atom. The van der Waals surface area contributed by atoms with Crippen molar-refractivity contribution in [3.8, 4) is 0 Å². The van der Waals surface area contributed by atoms with Crippen molar-refractivity contribution in [3.63, 3.8) is 0 Å². The van der Waals surface area contributed by atoms with Gasteiger partial charge in [0.1, 0.15) is 0 Å². The van der Waals surface area contributed by atoms with Gasteiger partial charge < -0.3 is 21.3 Å². The first kappa shape index (κ1) is 18.3. The summed E-state index contributed by atoms with van der Waals surface area (Å²) in [6.07, 6.45) is 0.444. The summed E-state index contributed by atoms with van der Waals surface area (Å²) >= 11 is 1.86. The molecule has 0 spiro atoms. The number of carbonyl (C=O) groups is 2. The molecule has 1 saturated heterocycles. The number of hydrogen-bond acceptors (Lipinski definition) is 4. The van der Waals surface area contributed by atoms with E-state index >= 15 is 0 Å². The van der Waals surface area contributed by atoms with Gasteiger partial charge in [0.25, 0.3) is 0 Å². The largest absolute Gasteiger partial charge is 0.326 e. The maximum Gasteiger partial charge on any atom is 0.323 e. The lowest BCUT2D eigenvalue weighted by Crippen LogP contribution is -2.39. The molecule has 0 aliphatic carbocycles. The molecule has 1 aliphatic rings. The fourth-order valence-corrected chi connectivity index (χ4v) is 3.63. The van der Waals surface area contributed by atoms with Gasteiger partial charge in [0.15, 0.2) is 0 Å². The molecule has 26 heavy (non-hydrogen) atoms. The topological polar surface area (TPSA) is 82.3 Å². The molecule has 1 atom stereocenters. The van der Waals surface area contributed by atoms with E-state index in [1.165, 1.54) is 0 Å². The summed E-state index contributed by atoms with van der Waals surface area (Å²) in [5, 5.41) is 11.8. The average molecular weight is 370 g/mol. The van der Waals surface area contributed by atoms with Gasteiger partial charge in [0, 0.05) is 47.6 Å². The van der Waals surface area contributed by atoms with E-state index in [0.29, 0.717) is 23.5 Å². The molecular weight excluding hydrogens is 348 g/mol. The molecule has 4 N–H and O–H groups in total. The number of urea groups is 1. The Morgan fingerprint density at radius 1 is 0.962 bits per heavy atom. The fraction of sp³-hybridized carbons (Fsp3) is 0.263. The highest BCUT2D eigenvalue weighted by Crippen LogP contribution is 2.17. The summed E-state index contributed by atoms with van der Waals surface area (Å²) in [5.41, 5.74) is 1.99. The van der Waals surface area contributed by atoms with E-state index < -0.39 is 0 Å². The van der Waals surface area contributed by atoms with Gasteiger partial charge in [-0.25, -0.2) is 4.79 Å². The van der Waals surface area contributed by atoms with Crippen molar-refractivity contribution in [3.05, 3.63) is 54.6 Å². The summed E-state index contributed by atoms with van der Waals surface area (Å²) in [6.45, 7) is 0.943. The zero-order chi connectivity index (χ0) is 18.2. The SMILES string of the molecule is O=C(CC1CSCCN1)Nc1cccc(NC(=O)Nc2ccccc2)c1. The zero-order valence-electron chi connectivity index (χ0n) is 14.3. The maximum absolute atomic E-state index is 12.2. The van der Waals surface area contributed by atoms with Crippen LogP contribution in [0.25, 0.3) is 0 Å². The number of benzene rings is 2. The van der Waals surface area contributed by atoms with E-state index in [4.69, 9.17) is 0 Å². The Bertz CT molecular complexity index is 748. The molecule has 2 aromatic rings. The molecule has 0 radical (unpaired) electrons. The molecule has 1 unspecified atom stereocenters. The van der Waals surface area contributed by atoms with E-state index in [9.17, 15) is 9.59 Å². The van der Waals surface area contributed by atoms with Gasteiger partial charge in [-0.15, -0.1) is 0 Å². The summed E-state index contributed by atoms with van der Waals surface area (Å²) in [7, 11) is 0. The number of nitrogens with one attached hydrogen (secondary N) is 4. The second kappa shape index (κ2) is 9.26. The van der Waals surface area contributed by atoms with Crippen molar-refractivity contribution in [2.24, 2.45) is 0 Å². The van der Waals surface area contributed by atoms with E-state index in [1.807, 2.05) is 42.1 Å². The van der Waals surface area contributed by atoms with Gasteiger partial charge >= 0.3 is 6.03 Å². The first-order valence-corrected chi connectivity index (χ1v) is 9.68. The van der Waals surface area contributed by atoms with Crippen LogP contribution >= 0.6 is 11.8 Å². The molecule has 7 heteroatoms. The second-order valence-corrected chi connectivity index (χ2v) is 7.15. The van der Waals surface area contributed by atoms with Crippen LogP contribution in [0.15, 0.2) is 54.6 Å². The standard InChI is InChI=1S/C19H22N4O2S/c24-18(12-17-13-26-10-9-20-17)21-15-7-4-8-16(11-15)23-19(25)22-14-5-2-1-3-6-14/h1-8,11,17,20H,9-10,12-13H2,(H,21,24)(H2,22,23,25). The van der Waals surface area contributed by atoms with Gasteiger partial charge in [-0.3, -0.25) is 4.79 Å². The lowest BCUT2D eigenvalue weighted by Gasteiger charge is -2.22. The fourth-order valence-electron chi connectivity index (χ4n) is 2.68. The number of para-hydroxylation sites is 1. The van der Waals surface area contributed by atoms with Crippen molar-refractivity contribution in [2.75, 3.05) is 34.0 Å². The highest BCUT2D eigenvalue weighted by atomic mass is 32.2. The zero-order valence-corrected chi connectivity index (χ0v) is 15.1. The molecule has 0 saturated carbocycles. The molecule has 1 fully saturated rings. The van der Waals surface area contributed by atoms with E-state index in [1.54, 1.807) is 24.3 Å². The number of hydrogen-bond donors (Lipinski definition) is 4. The summed E-state index contributed by atoms with van der Waals surface area (Å²) in [5.74, 6) is 2.02. The van der Waals surface area contributed by atoms with Crippen LogP contribution < -0.4 is 21.3 Å². The number of rotatable bonds is 5. The Hall–Kier alpha value is -2.51. The third-order valence-corrected chi connectivity index (χ3v) is 5.00. The predicted octanol–water partition coefficient (Wildman–Crippen LogP) is 3.36. The highest BCUT2D eigenvalue weighted by Gasteiger charge is 2.16. The monoisotopic (exact) mass is 370 g/mol. The molecule has 6 nitrogen and oxygen atoms in total. The Labute approximate surface area is 157 Å². The normalized spacial score (nSPS) is 16.5. The summed E-state index contributed by atoms with van der Waals surface area (Å²) in [4.78, 5) is 24.3. The van der Waals surface area contributed by atoms with Crippen LogP contribution in [0.4, 0.5) is 21.9 Å². The number of thioether (sulfide) groups is 1. The first-order valence-electron chi connectivity index (χ1n) is 8.53. The van der Waals surface area contributed by atoms with Crippen molar-refractivity contribution < 1.29 is 9.59 Å². The number of carbonyl (C=O) groups excluding carboxylic acids is 2. The molecule has 1 aliphatic heterocycles. The lowest BCUT2D eigenvalue weighted by molar-refractivity contribution is -0.116. The van der Waals surface area contributed by atoms with Crippen LogP contribution in [-0.2, 0) is 4.79 Å². The molecule has 1 heterocycles. The molecule has 136 valence electrons. The molecular formula is C19H22N4O2S. The van der Waals surface area contributed by atoms with E-state index in [2.05, 4.69) is 21.3 Å². The molecule has 0 aromatic heterocycles. The Balaban J connectivity index is 1.52. The van der Waals surface area contributed by atoms with Crippen LogP contribution in [-0.4, -0.2) is 36.0 Å². The van der Waals surface area contributed by atoms with Gasteiger partial charge in [0.2, 0.25) is 5.91 Å². The van der Waals surface area contributed by atoms with Crippen LogP contribution in [0.1, 0.15) is 6.42 Å². The van der Waals surface area contributed by atoms with Crippen LogP contribution in [0.2, 0.25) is 0 Å². The molecule has 3 rings (SSSR count). The van der Waals surface area contributed by atoms with Crippen LogP contribution in [0, 0.1) is 0 Å². The Morgan fingerprint density at radius 3 is 2.38 bits per heavy atom. The minimum Gasteiger partial charge on any atom is -0.326 e. The third-order valence-electron chi connectivity index (χ3n) is 3.87. The van der Waals surface area contributed by atoms with Crippen molar-refractivity contribution in [2.45, 2.75) is 12.5 Å². The predicted molar refractivity (Wildman–Crippen MR) is 108 cm³/mol. The summed E-state index contributed by atoms with van der Waals surface area (Å²) in [6, 6.07) is 16.2. The summed E-state index contributed by atoms with van der Waals surface area (Å²) < 4.78 is 0. The quantitative estimate of drug-likeness (QED) is 0.650. The Kier molecular flexibility index (Phi) is 6.51. The number of amides is 3. The average Bonchev–Trinajstić information content (AvgIpc) is 2.63. The minimum atomic E-state index is -0.330. The van der Waals surface area contributed by atoms with Crippen molar-refractivity contribution in [1.82, 2.24) is 5.32 Å². The smallest absolute Gasteiger partial charge is 0.323 e. The minimum absolute atomic E-state index is 0.0316. The van der Waals surface area contributed by atoms with Gasteiger partial charge in [-0.1, -0.05) is 24.3 Å². The van der Waals surface area contributed by atoms with Crippen molar-refractivity contribution >= 4 is 40.8 Å². The lowest BCUT2D eigenvalue weighted by atomic mass is 10.2. The molecule has 3 amide bonds. The van der Waals surface area contributed by atoms with Gasteiger partial charge in [-0.2, -0.15) is 11.8 Å². The van der Waals surface area contributed by atoms with Gasteiger partial charge in [0.05, 0.1) is 0 Å². The van der Waals surface area contributed by atoms with Crippen molar-refractivity contribution in [1.29, 1.82) is 0 Å². The second-order valence-electron chi connectivity index (χ2n) is 6.00. The number of anilines is 3. The van der Waals surface area contributed by atoms with Gasteiger partial charge in [-0.05, 0) is 30.3 Å².